The number of nitrogens with zero attached hydrogens (tertiary/aromatic N) is 2. The first-order chi connectivity index (χ1) is 15.7. The van der Waals surface area contributed by atoms with E-state index >= 15 is 0 Å². The van der Waals surface area contributed by atoms with Gasteiger partial charge in [-0.15, -0.1) is 0 Å². The Balaban J connectivity index is 1.99. The summed E-state index contributed by atoms with van der Waals surface area (Å²) in [5.41, 5.74) is 10.5. The van der Waals surface area contributed by atoms with Crippen molar-refractivity contribution >= 4 is 29.3 Å². The Labute approximate surface area is 192 Å². The number of rotatable bonds is 11. The normalized spacial score (nSPS) is 21.9. The number of hydrogen-bond acceptors (Lipinski definition) is 12. The van der Waals surface area contributed by atoms with Crippen molar-refractivity contribution in [2.75, 3.05) is 32.1 Å². The minimum Gasteiger partial charge on any atom is -0.382 e. The molecule has 8 N–H and O–H groups in total. The summed E-state index contributed by atoms with van der Waals surface area (Å²) in [6.45, 7) is 0.0962. The van der Waals surface area contributed by atoms with E-state index in [1.165, 1.54) is 6.20 Å². The molecule has 20 heteroatoms. The van der Waals surface area contributed by atoms with Crippen LogP contribution < -0.4 is 17.2 Å². The number of aromatic nitrogens is 2. The van der Waals surface area contributed by atoms with E-state index in [4.69, 9.17) is 35.6 Å². The summed E-state index contributed by atoms with van der Waals surface area (Å²) in [6, 6.07) is 0. The lowest BCUT2D eigenvalue weighted by atomic mass is 10.2. The lowest BCUT2D eigenvalue weighted by Crippen LogP contribution is -2.29. The number of hydrogen-bond donors (Lipinski definition) is 6. The highest BCUT2D eigenvalue weighted by Crippen LogP contribution is 2.66. The average Bonchev–Trinajstić information content (AvgIpc) is 3.14. The molecule has 2 heterocycles. The molecular weight excluding hydrogens is 525 g/mol. The molecule has 0 spiro atoms. The Morgan fingerprint density at radius 1 is 1.18 bits per heavy atom. The topological polar surface area (TPSA) is 265 Å². The largest absolute Gasteiger partial charge is 0.490 e. The third kappa shape index (κ3) is 9.65. The molecule has 1 saturated heterocycles. The maximum absolute atomic E-state index is 12.2. The molecule has 1 aromatic rings. The van der Waals surface area contributed by atoms with Crippen molar-refractivity contribution in [1.82, 2.24) is 9.55 Å². The number of nitrogen functional groups attached to an aromatic ring is 1. The van der Waals surface area contributed by atoms with Crippen LogP contribution in [0.5, 0.6) is 0 Å². The van der Waals surface area contributed by atoms with Crippen LogP contribution in [0.3, 0.4) is 0 Å². The second-order valence-electron chi connectivity index (χ2n) is 6.55. The second kappa shape index (κ2) is 12.0. The Kier molecular flexibility index (Phi) is 10.1. The lowest BCUT2D eigenvalue weighted by Gasteiger charge is -2.19. The SMILES string of the molecule is NCCOCC#Cc1cn(C2CCC(COP(=O)(O)OP(=O)(O)OP(=O)(O)O)O2)c(=O)nc1N. The van der Waals surface area contributed by atoms with E-state index in [-0.39, 0.29) is 30.8 Å². The van der Waals surface area contributed by atoms with Crippen molar-refractivity contribution in [3.05, 3.63) is 22.2 Å². The zero-order valence-electron chi connectivity index (χ0n) is 17.3. The molecular formula is C14H23N4O13P3. The highest BCUT2D eigenvalue weighted by atomic mass is 31.3. The molecule has 1 aliphatic rings. The molecule has 17 nitrogen and oxygen atoms in total. The van der Waals surface area contributed by atoms with Crippen LogP contribution in [-0.2, 0) is 36.3 Å². The molecule has 34 heavy (non-hydrogen) atoms. The summed E-state index contributed by atoms with van der Waals surface area (Å²) in [7, 11) is -16.4. The van der Waals surface area contributed by atoms with E-state index in [9.17, 15) is 23.4 Å². The van der Waals surface area contributed by atoms with Gasteiger partial charge in [0.05, 0.1) is 24.9 Å². The summed E-state index contributed by atoms with van der Waals surface area (Å²) in [4.78, 5) is 51.6. The van der Waals surface area contributed by atoms with Crippen molar-refractivity contribution in [2.24, 2.45) is 5.73 Å². The molecule has 0 aromatic carbocycles. The zero-order chi connectivity index (χ0) is 25.6. The van der Waals surface area contributed by atoms with Gasteiger partial charge in [-0.3, -0.25) is 9.09 Å². The first-order valence-corrected chi connectivity index (χ1v) is 13.8. The summed E-state index contributed by atoms with van der Waals surface area (Å²) in [5.74, 6) is 5.30. The Morgan fingerprint density at radius 2 is 1.88 bits per heavy atom. The first kappa shape index (κ1) is 28.8. The maximum atomic E-state index is 12.2. The van der Waals surface area contributed by atoms with Gasteiger partial charge in [0.1, 0.15) is 18.7 Å². The fourth-order valence-corrected chi connectivity index (χ4v) is 5.67. The monoisotopic (exact) mass is 548 g/mol. The molecule has 0 radical (unpaired) electrons. The molecule has 0 saturated carbocycles. The van der Waals surface area contributed by atoms with Crippen LogP contribution >= 0.6 is 23.5 Å². The van der Waals surface area contributed by atoms with Crippen LogP contribution in [0.1, 0.15) is 24.6 Å². The van der Waals surface area contributed by atoms with E-state index in [0.29, 0.717) is 13.2 Å². The van der Waals surface area contributed by atoms with Crippen molar-refractivity contribution in [3.8, 4) is 11.8 Å². The van der Waals surface area contributed by atoms with Crippen LogP contribution in [-0.4, -0.2) is 61.6 Å². The molecule has 1 fully saturated rings. The predicted molar refractivity (Wildman–Crippen MR) is 113 cm³/mol. The van der Waals surface area contributed by atoms with Gasteiger partial charge in [0.15, 0.2) is 0 Å². The van der Waals surface area contributed by atoms with Gasteiger partial charge in [-0.05, 0) is 12.8 Å². The van der Waals surface area contributed by atoms with Gasteiger partial charge >= 0.3 is 29.2 Å². The number of ether oxygens (including phenoxy) is 2. The highest BCUT2D eigenvalue weighted by Gasteiger charge is 2.41. The third-order valence-electron chi connectivity index (χ3n) is 3.88. The lowest BCUT2D eigenvalue weighted by molar-refractivity contribution is -0.0242. The number of phosphoric acid groups is 3. The van der Waals surface area contributed by atoms with Crippen molar-refractivity contribution in [2.45, 2.75) is 25.2 Å². The molecule has 0 amide bonds. The van der Waals surface area contributed by atoms with Gasteiger partial charge in [0, 0.05) is 12.7 Å². The van der Waals surface area contributed by atoms with E-state index in [0.717, 1.165) is 4.57 Å². The van der Waals surface area contributed by atoms with E-state index in [1.807, 2.05) is 0 Å². The van der Waals surface area contributed by atoms with Crippen molar-refractivity contribution in [1.29, 1.82) is 0 Å². The molecule has 4 atom stereocenters. The molecule has 1 aromatic heterocycles. The molecule has 0 aliphatic carbocycles. The fraction of sp³-hybridized carbons (Fsp3) is 0.571. The van der Waals surface area contributed by atoms with Gasteiger partial charge in [0.2, 0.25) is 0 Å². The Hall–Kier alpha value is -1.47. The first-order valence-electron chi connectivity index (χ1n) is 9.30. The highest BCUT2D eigenvalue weighted by molar-refractivity contribution is 7.66. The van der Waals surface area contributed by atoms with Gasteiger partial charge in [0.25, 0.3) is 0 Å². The summed E-state index contributed by atoms with van der Waals surface area (Å²) >= 11 is 0. The maximum Gasteiger partial charge on any atom is 0.490 e. The quantitative estimate of drug-likeness (QED) is 0.112. The molecule has 192 valence electrons. The summed E-state index contributed by atoms with van der Waals surface area (Å²) in [6.07, 6.45) is 0.0894. The Morgan fingerprint density at radius 3 is 2.53 bits per heavy atom. The summed E-state index contributed by atoms with van der Waals surface area (Å²) < 4.78 is 57.4. The van der Waals surface area contributed by atoms with Gasteiger partial charge in [-0.1, -0.05) is 11.8 Å². The predicted octanol–water partition coefficient (Wildman–Crippen LogP) is -0.827. The Bertz CT molecular complexity index is 1130. The molecule has 0 bridgehead atoms. The number of phosphoric ester groups is 1. The molecule has 2 rings (SSSR count). The van der Waals surface area contributed by atoms with Crippen LogP contribution in [0.25, 0.3) is 0 Å². The van der Waals surface area contributed by atoms with Crippen LogP contribution in [0, 0.1) is 11.8 Å². The standard InChI is InChI=1S/C14H23N4O13P3/c15-5-7-27-6-1-2-10-8-18(14(19)17-13(10)16)12-4-3-11(29-12)9-28-33(23,24)31-34(25,26)30-32(20,21)22/h8,11-12H,3-7,9,15H2,(H,23,24)(H,25,26)(H2,16,17,19)(H2,20,21,22). The van der Waals surface area contributed by atoms with Gasteiger partial charge in [-0.25, -0.2) is 18.5 Å². The van der Waals surface area contributed by atoms with E-state index < -0.39 is 48.1 Å². The van der Waals surface area contributed by atoms with E-state index in [2.05, 4.69) is 30.0 Å². The van der Waals surface area contributed by atoms with E-state index in [1.54, 1.807) is 0 Å². The number of anilines is 1. The number of nitrogens with two attached hydrogens (primary N) is 2. The zero-order valence-corrected chi connectivity index (χ0v) is 20.0. The van der Waals surface area contributed by atoms with Crippen molar-refractivity contribution < 1.29 is 55.9 Å². The van der Waals surface area contributed by atoms with Crippen LogP contribution in [0.4, 0.5) is 5.82 Å². The average molecular weight is 548 g/mol. The minimum atomic E-state index is -5.63. The fourth-order valence-electron chi connectivity index (χ4n) is 2.62. The third-order valence-corrected chi connectivity index (χ3v) is 7.68. The smallest absolute Gasteiger partial charge is 0.382 e. The molecule has 4 unspecified atom stereocenters. The van der Waals surface area contributed by atoms with Gasteiger partial charge < -0.3 is 40.5 Å². The minimum absolute atomic E-state index is 0.0817. The molecule has 1 aliphatic heterocycles. The van der Waals surface area contributed by atoms with Gasteiger partial charge in [-0.2, -0.15) is 13.6 Å². The van der Waals surface area contributed by atoms with Crippen LogP contribution in [0.15, 0.2) is 11.0 Å². The van der Waals surface area contributed by atoms with Crippen molar-refractivity contribution in [3.63, 3.8) is 0 Å². The summed E-state index contributed by atoms with van der Waals surface area (Å²) in [5, 5.41) is 0. The second-order valence-corrected chi connectivity index (χ2v) is 11.0. The van der Waals surface area contributed by atoms with Crippen LogP contribution in [0.2, 0.25) is 0 Å².